The van der Waals surface area contributed by atoms with Crippen LogP contribution in [0.5, 0.6) is 0 Å². The van der Waals surface area contributed by atoms with Gasteiger partial charge in [0.25, 0.3) is 0 Å². The molecular formula is C21H24N2. The first-order valence-corrected chi connectivity index (χ1v) is 8.53. The average molecular weight is 304 g/mol. The number of rotatable bonds is 2. The number of hydrogen-bond donors (Lipinski definition) is 0. The van der Waals surface area contributed by atoms with Crippen LogP contribution in [-0.2, 0) is 0 Å². The number of fused-ring (bicyclic) bond motifs is 1. The predicted octanol–water partition coefficient (Wildman–Crippen LogP) is 4.06. The van der Waals surface area contributed by atoms with Crippen molar-refractivity contribution in [2.24, 2.45) is 0 Å². The zero-order valence-corrected chi connectivity index (χ0v) is 14.0. The molecule has 2 aromatic carbocycles. The van der Waals surface area contributed by atoms with Gasteiger partial charge in [-0.25, -0.2) is 0 Å². The molecule has 1 heterocycles. The largest absolute Gasteiger partial charge is 0.304 e. The first-order valence-electron chi connectivity index (χ1n) is 8.53. The molecule has 1 aliphatic heterocycles. The lowest BCUT2D eigenvalue weighted by atomic mass is 9.95. The predicted molar refractivity (Wildman–Crippen MR) is 97.3 cm³/mol. The van der Waals surface area contributed by atoms with Gasteiger partial charge in [0.1, 0.15) is 0 Å². The Balaban J connectivity index is 1.73. The van der Waals surface area contributed by atoms with Crippen molar-refractivity contribution < 1.29 is 0 Å². The van der Waals surface area contributed by atoms with E-state index in [0.717, 1.165) is 26.2 Å². The fraction of sp³-hybridized carbons (Fsp3) is 0.333. The maximum atomic E-state index is 2.65. The summed E-state index contributed by atoms with van der Waals surface area (Å²) < 4.78 is 0. The molecule has 0 amide bonds. The molecule has 1 atom stereocenters. The second kappa shape index (κ2) is 5.95. The molecule has 0 N–H and O–H groups in total. The fourth-order valence-electron chi connectivity index (χ4n) is 3.97. The third-order valence-corrected chi connectivity index (χ3v) is 5.23. The van der Waals surface area contributed by atoms with Crippen molar-refractivity contribution in [2.45, 2.75) is 13.0 Å². The second-order valence-electron chi connectivity index (χ2n) is 6.80. The van der Waals surface area contributed by atoms with Crippen LogP contribution in [0.4, 0.5) is 0 Å². The summed E-state index contributed by atoms with van der Waals surface area (Å²) in [5.41, 5.74) is 7.05. The highest BCUT2D eigenvalue weighted by Gasteiger charge is 2.31. The lowest BCUT2D eigenvalue weighted by Gasteiger charge is -2.37. The third kappa shape index (κ3) is 2.62. The van der Waals surface area contributed by atoms with E-state index in [4.69, 9.17) is 0 Å². The van der Waals surface area contributed by atoms with Crippen LogP contribution >= 0.6 is 0 Å². The summed E-state index contributed by atoms with van der Waals surface area (Å²) in [5.74, 6) is 0. The number of piperazine rings is 1. The van der Waals surface area contributed by atoms with Gasteiger partial charge < -0.3 is 4.90 Å². The summed E-state index contributed by atoms with van der Waals surface area (Å²) >= 11 is 0. The highest BCUT2D eigenvalue weighted by Crippen LogP contribution is 2.42. The quantitative estimate of drug-likeness (QED) is 0.825. The van der Waals surface area contributed by atoms with Gasteiger partial charge in [0.05, 0.1) is 6.04 Å². The van der Waals surface area contributed by atoms with E-state index in [1.807, 2.05) is 0 Å². The maximum Gasteiger partial charge on any atom is 0.0568 e. The standard InChI is InChI=1S/C21H24N2/c1-16-15-20-18(17-7-4-3-5-8-17)9-6-10-19(20)21(16)23-13-11-22(2)12-14-23/h3-10,15,21H,11-14H2,1-2H3. The molecule has 4 rings (SSSR count). The number of nitrogens with zero attached hydrogens (tertiary/aromatic N) is 2. The topological polar surface area (TPSA) is 6.48 Å². The zero-order valence-electron chi connectivity index (χ0n) is 14.0. The molecule has 23 heavy (non-hydrogen) atoms. The fourth-order valence-corrected chi connectivity index (χ4v) is 3.97. The van der Waals surface area contributed by atoms with Crippen LogP contribution in [0.2, 0.25) is 0 Å². The maximum absolute atomic E-state index is 2.65. The van der Waals surface area contributed by atoms with Gasteiger partial charge in [-0.1, -0.05) is 60.2 Å². The highest BCUT2D eigenvalue weighted by atomic mass is 15.3. The van der Waals surface area contributed by atoms with Crippen molar-refractivity contribution in [3.63, 3.8) is 0 Å². The van der Waals surface area contributed by atoms with Crippen molar-refractivity contribution in [3.05, 3.63) is 65.2 Å². The molecule has 118 valence electrons. The Labute approximate surface area is 139 Å². The monoisotopic (exact) mass is 304 g/mol. The lowest BCUT2D eigenvalue weighted by molar-refractivity contribution is 0.127. The highest BCUT2D eigenvalue weighted by molar-refractivity contribution is 5.81. The second-order valence-corrected chi connectivity index (χ2v) is 6.80. The molecule has 2 aliphatic rings. The van der Waals surface area contributed by atoms with Gasteiger partial charge in [0, 0.05) is 26.2 Å². The molecule has 1 unspecified atom stereocenters. The molecule has 0 radical (unpaired) electrons. The van der Waals surface area contributed by atoms with Crippen molar-refractivity contribution in [2.75, 3.05) is 33.2 Å². The SMILES string of the molecule is CC1=Cc2c(-c3ccccc3)cccc2C1N1CCN(C)CC1. The molecule has 2 heteroatoms. The van der Waals surface area contributed by atoms with Crippen molar-refractivity contribution in [1.29, 1.82) is 0 Å². The first kappa shape index (κ1) is 14.7. The van der Waals surface area contributed by atoms with E-state index in [-0.39, 0.29) is 0 Å². The van der Waals surface area contributed by atoms with E-state index in [2.05, 4.69) is 78.4 Å². The Hall–Kier alpha value is -1.90. The van der Waals surface area contributed by atoms with Crippen molar-refractivity contribution in [1.82, 2.24) is 9.80 Å². The molecule has 2 nitrogen and oxygen atoms in total. The van der Waals surface area contributed by atoms with E-state index >= 15 is 0 Å². The Kier molecular flexibility index (Phi) is 3.80. The summed E-state index contributed by atoms with van der Waals surface area (Å²) in [6, 6.07) is 18.0. The van der Waals surface area contributed by atoms with E-state index in [9.17, 15) is 0 Å². The summed E-state index contributed by atoms with van der Waals surface area (Å²) in [6.45, 7) is 6.93. The van der Waals surface area contributed by atoms with Gasteiger partial charge in [-0.15, -0.1) is 0 Å². The molecule has 1 aliphatic carbocycles. The van der Waals surface area contributed by atoms with Gasteiger partial charge >= 0.3 is 0 Å². The van der Waals surface area contributed by atoms with Gasteiger partial charge in [-0.2, -0.15) is 0 Å². The molecule has 0 aromatic heterocycles. The summed E-state index contributed by atoms with van der Waals surface area (Å²) in [7, 11) is 2.22. The minimum absolute atomic E-state index is 0.461. The van der Waals surface area contributed by atoms with E-state index < -0.39 is 0 Å². The van der Waals surface area contributed by atoms with Crippen LogP contribution in [0.25, 0.3) is 17.2 Å². The summed E-state index contributed by atoms with van der Waals surface area (Å²) in [6.07, 6.45) is 2.40. The van der Waals surface area contributed by atoms with Crippen LogP contribution < -0.4 is 0 Å². The van der Waals surface area contributed by atoms with Crippen LogP contribution in [0.1, 0.15) is 24.1 Å². The van der Waals surface area contributed by atoms with Crippen LogP contribution in [0, 0.1) is 0 Å². The average Bonchev–Trinajstić information content (AvgIpc) is 2.92. The molecule has 0 spiro atoms. The molecule has 0 bridgehead atoms. The Morgan fingerprint density at radius 3 is 2.35 bits per heavy atom. The lowest BCUT2D eigenvalue weighted by Crippen LogP contribution is -2.45. The van der Waals surface area contributed by atoms with E-state index in [1.54, 1.807) is 0 Å². The summed E-state index contributed by atoms with van der Waals surface area (Å²) in [5, 5.41) is 0. The van der Waals surface area contributed by atoms with Gasteiger partial charge in [0.2, 0.25) is 0 Å². The van der Waals surface area contributed by atoms with Crippen LogP contribution in [-0.4, -0.2) is 43.0 Å². The normalized spacial score (nSPS) is 22.0. The Morgan fingerprint density at radius 1 is 0.870 bits per heavy atom. The summed E-state index contributed by atoms with van der Waals surface area (Å²) in [4.78, 5) is 5.07. The number of benzene rings is 2. The molecular weight excluding hydrogens is 280 g/mol. The first-order chi connectivity index (χ1) is 11.2. The van der Waals surface area contributed by atoms with E-state index in [1.165, 1.54) is 27.8 Å². The minimum atomic E-state index is 0.461. The number of likely N-dealkylation sites (N-methyl/N-ethyl adjacent to an activating group) is 1. The third-order valence-electron chi connectivity index (χ3n) is 5.23. The Bertz CT molecular complexity index is 725. The van der Waals surface area contributed by atoms with Gasteiger partial charge in [-0.3, -0.25) is 4.90 Å². The molecule has 1 fully saturated rings. The van der Waals surface area contributed by atoms with Crippen LogP contribution in [0.3, 0.4) is 0 Å². The van der Waals surface area contributed by atoms with Crippen LogP contribution in [0.15, 0.2) is 54.1 Å². The number of hydrogen-bond acceptors (Lipinski definition) is 2. The Morgan fingerprint density at radius 2 is 1.61 bits per heavy atom. The van der Waals surface area contributed by atoms with Gasteiger partial charge in [-0.05, 0) is 36.2 Å². The molecule has 0 saturated carbocycles. The van der Waals surface area contributed by atoms with Crippen molar-refractivity contribution in [3.8, 4) is 11.1 Å². The minimum Gasteiger partial charge on any atom is -0.304 e. The van der Waals surface area contributed by atoms with E-state index in [0.29, 0.717) is 6.04 Å². The van der Waals surface area contributed by atoms with Crippen molar-refractivity contribution >= 4 is 6.08 Å². The van der Waals surface area contributed by atoms with Gasteiger partial charge in [0.15, 0.2) is 0 Å². The molecule has 1 saturated heterocycles. The smallest absolute Gasteiger partial charge is 0.0568 e. The zero-order chi connectivity index (χ0) is 15.8. The molecule has 2 aromatic rings.